The summed E-state index contributed by atoms with van der Waals surface area (Å²) in [5.41, 5.74) is 7.03. The van der Waals surface area contributed by atoms with Crippen LogP contribution in [0.25, 0.3) is 0 Å². The van der Waals surface area contributed by atoms with Crippen LogP contribution in [0.3, 0.4) is 0 Å². The van der Waals surface area contributed by atoms with Gasteiger partial charge in [-0.1, -0.05) is 0 Å². The van der Waals surface area contributed by atoms with Gasteiger partial charge in [-0.15, -0.1) is 0 Å². The van der Waals surface area contributed by atoms with E-state index in [1.807, 2.05) is 0 Å². The summed E-state index contributed by atoms with van der Waals surface area (Å²) >= 11 is 0. The Morgan fingerprint density at radius 2 is 2.42 bits per heavy atom. The van der Waals surface area contributed by atoms with Crippen LogP contribution in [0.4, 0.5) is 0 Å². The van der Waals surface area contributed by atoms with Gasteiger partial charge in [0.2, 0.25) is 0 Å². The number of methoxy groups -OCH3 is 1. The fourth-order valence-corrected chi connectivity index (χ4v) is 1.20. The number of nitrogens with two attached hydrogens (primary N) is 1. The maximum Gasteiger partial charge on any atom is 0.0979 e. The van der Waals surface area contributed by atoms with Gasteiger partial charge in [-0.3, -0.25) is 4.90 Å². The molecule has 0 aromatic heterocycles. The highest BCUT2D eigenvalue weighted by molar-refractivity contribution is 5.32. The van der Waals surface area contributed by atoms with Crippen LogP contribution >= 0.6 is 0 Å². The first-order valence-corrected chi connectivity index (χ1v) is 3.86. The Morgan fingerprint density at radius 1 is 1.67 bits per heavy atom. The molecular formula is C8H13N3O. The largest absolute Gasteiger partial charge is 0.400 e. The second-order valence-electron chi connectivity index (χ2n) is 2.82. The van der Waals surface area contributed by atoms with Crippen LogP contribution in [-0.2, 0) is 4.74 Å². The zero-order chi connectivity index (χ0) is 8.97. The number of rotatable bonds is 3. The smallest absolute Gasteiger partial charge is 0.0979 e. The molecule has 0 aliphatic carbocycles. The van der Waals surface area contributed by atoms with Gasteiger partial charge in [-0.05, 0) is 0 Å². The predicted molar refractivity (Wildman–Crippen MR) is 45.1 cm³/mol. The zero-order valence-electron chi connectivity index (χ0n) is 7.21. The van der Waals surface area contributed by atoms with Crippen molar-refractivity contribution in [3.05, 3.63) is 11.3 Å². The van der Waals surface area contributed by atoms with Crippen molar-refractivity contribution in [2.24, 2.45) is 5.73 Å². The van der Waals surface area contributed by atoms with Gasteiger partial charge in [0.25, 0.3) is 0 Å². The maximum absolute atomic E-state index is 8.63. The summed E-state index contributed by atoms with van der Waals surface area (Å²) in [7, 11) is 1.66. The summed E-state index contributed by atoms with van der Waals surface area (Å²) in [5, 5.41) is 8.63. The van der Waals surface area contributed by atoms with Crippen LogP contribution < -0.4 is 5.73 Å². The van der Waals surface area contributed by atoms with E-state index in [1.165, 1.54) is 0 Å². The lowest BCUT2D eigenvalue weighted by molar-refractivity contribution is 0.162. The molecule has 2 N–H and O–H groups in total. The molecule has 4 heteroatoms. The van der Waals surface area contributed by atoms with Crippen LogP contribution in [0, 0.1) is 11.3 Å². The molecule has 4 nitrogen and oxygen atoms in total. The van der Waals surface area contributed by atoms with Crippen molar-refractivity contribution in [1.29, 1.82) is 5.26 Å². The molecule has 0 saturated carbocycles. The van der Waals surface area contributed by atoms with Gasteiger partial charge in [0.15, 0.2) is 0 Å². The number of ether oxygens (including phenoxy) is 1. The first kappa shape index (κ1) is 9.04. The second kappa shape index (κ2) is 4.10. The van der Waals surface area contributed by atoms with E-state index >= 15 is 0 Å². The number of hydrogen-bond donors (Lipinski definition) is 1. The van der Waals surface area contributed by atoms with E-state index in [1.54, 1.807) is 7.11 Å². The third-order valence-corrected chi connectivity index (χ3v) is 1.91. The Morgan fingerprint density at radius 3 is 2.92 bits per heavy atom. The van der Waals surface area contributed by atoms with Gasteiger partial charge in [-0.2, -0.15) is 5.26 Å². The zero-order valence-corrected chi connectivity index (χ0v) is 7.21. The van der Waals surface area contributed by atoms with Crippen molar-refractivity contribution in [3.8, 4) is 6.07 Å². The van der Waals surface area contributed by atoms with E-state index in [2.05, 4.69) is 11.0 Å². The molecule has 1 aliphatic heterocycles. The quantitative estimate of drug-likeness (QED) is 0.626. The lowest BCUT2D eigenvalue weighted by atomic mass is 10.3. The van der Waals surface area contributed by atoms with Crippen molar-refractivity contribution < 1.29 is 4.74 Å². The maximum atomic E-state index is 8.63. The van der Waals surface area contributed by atoms with Crippen LogP contribution in [0.5, 0.6) is 0 Å². The summed E-state index contributed by atoms with van der Waals surface area (Å²) in [5.74, 6) is 0. The highest BCUT2D eigenvalue weighted by Gasteiger charge is 2.18. The minimum atomic E-state index is 0.672. The van der Waals surface area contributed by atoms with Gasteiger partial charge in [0.05, 0.1) is 18.2 Å². The van der Waals surface area contributed by atoms with Gasteiger partial charge < -0.3 is 10.5 Å². The Kier molecular flexibility index (Phi) is 3.09. The van der Waals surface area contributed by atoms with Crippen molar-refractivity contribution in [2.75, 3.05) is 33.4 Å². The van der Waals surface area contributed by atoms with Crippen molar-refractivity contribution in [2.45, 2.75) is 0 Å². The molecule has 12 heavy (non-hydrogen) atoms. The Labute approximate surface area is 72.2 Å². The lowest BCUT2D eigenvalue weighted by Gasteiger charge is -2.13. The minimum absolute atomic E-state index is 0.672. The molecule has 0 aromatic carbocycles. The normalized spacial score (nSPS) is 18.3. The number of nitriles is 1. The SMILES string of the molecule is COCCN1CC(N)=C(C#N)C1. The van der Waals surface area contributed by atoms with E-state index in [0.29, 0.717) is 31.0 Å². The van der Waals surface area contributed by atoms with Crippen LogP contribution in [0.1, 0.15) is 0 Å². The van der Waals surface area contributed by atoms with Crippen molar-refractivity contribution in [3.63, 3.8) is 0 Å². The summed E-state index contributed by atoms with van der Waals surface area (Å²) in [6, 6.07) is 2.09. The molecule has 66 valence electrons. The summed E-state index contributed by atoms with van der Waals surface area (Å²) in [4.78, 5) is 2.09. The molecular weight excluding hydrogens is 154 g/mol. The first-order chi connectivity index (χ1) is 5.77. The summed E-state index contributed by atoms with van der Waals surface area (Å²) < 4.78 is 4.92. The molecule has 1 heterocycles. The summed E-state index contributed by atoms with van der Waals surface area (Å²) in [6.45, 7) is 2.90. The van der Waals surface area contributed by atoms with Crippen molar-refractivity contribution in [1.82, 2.24) is 4.90 Å². The Bertz CT molecular complexity index is 229. The van der Waals surface area contributed by atoms with E-state index < -0.39 is 0 Å². The van der Waals surface area contributed by atoms with E-state index in [4.69, 9.17) is 15.7 Å². The van der Waals surface area contributed by atoms with Crippen LogP contribution in [-0.4, -0.2) is 38.3 Å². The highest BCUT2D eigenvalue weighted by Crippen LogP contribution is 2.11. The van der Waals surface area contributed by atoms with Crippen molar-refractivity contribution >= 4 is 0 Å². The average Bonchev–Trinajstić information content (AvgIpc) is 2.43. The van der Waals surface area contributed by atoms with Gasteiger partial charge >= 0.3 is 0 Å². The third-order valence-electron chi connectivity index (χ3n) is 1.91. The monoisotopic (exact) mass is 167 g/mol. The molecule has 0 saturated heterocycles. The molecule has 0 fully saturated rings. The first-order valence-electron chi connectivity index (χ1n) is 3.86. The molecule has 0 atom stereocenters. The van der Waals surface area contributed by atoms with Gasteiger partial charge in [0.1, 0.15) is 0 Å². The molecule has 1 aliphatic rings. The van der Waals surface area contributed by atoms with Crippen LogP contribution in [0.2, 0.25) is 0 Å². The topological polar surface area (TPSA) is 62.3 Å². The fraction of sp³-hybridized carbons (Fsp3) is 0.625. The van der Waals surface area contributed by atoms with E-state index in [-0.39, 0.29) is 0 Å². The van der Waals surface area contributed by atoms with Crippen LogP contribution in [0.15, 0.2) is 11.3 Å². The third kappa shape index (κ3) is 1.97. The average molecular weight is 167 g/mol. The summed E-state index contributed by atoms with van der Waals surface area (Å²) in [6.07, 6.45) is 0. The van der Waals surface area contributed by atoms with E-state index in [9.17, 15) is 0 Å². The standard InChI is InChI=1S/C8H13N3O/c1-12-3-2-11-5-7(4-9)8(10)6-11/h2-3,5-6,10H2,1H3. The van der Waals surface area contributed by atoms with Gasteiger partial charge in [-0.25, -0.2) is 0 Å². The molecule has 1 rings (SSSR count). The number of hydrogen-bond acceptors (Lipinski definition) is 4. The highest BCUT2D eigenvalue weighted by atomic mass is 16.5. The predicted octanol–water partition coefficient (Wildman–Crippen LogP) is -0.315. The molecule has 0 amide bonds. The Balaban J connectivity index is 2.36. The minimum Gasteiger partial charge on any atom is -0.400 e. The van der Waals surface area contributed by atoms with Gasteiger partial charge in [0, 0.05) is 32.4 Å². The second-order valence-corrected chi connectivity index (χ2v) is 2.82. The molecule has 0 radical (unpaired) electrons. The molecule has 0 bridgehead atoms. The fourth-order valence-electron chi connectivity index (χ4n) is 1.20. The Hall–Kier alpha value is -1.05. The molecule has 0 unspecified atom stereocenters. The number of nitrogens with zero attached hydrogens (tertiary/aromatic N) is 2. The molecule has 0 spiro atoms. The lowest BCUT2D eigenvalue weighted by Crippen LogP contribution is -2.26. The molecule has 0 aromatic rings. The van der Waals surface area contributed by atoms with E-state index in [0.717, 1.165) is 6.54 Å².